The summed E-state index contributed by atoms with van der Waals surface area (Å²) in [5, 5.41) is 4.30. The fraction of sp³-hybridized carbons (Fsp3) is 0.480. The normalized spacial score (nSPS) is 17.9. The molecule has 168 valence electrons. The second kappa shape index (κ2) is 8.90. The molecule has 3 heterocycles. The first-order chi connectivity index (χ1) is 15.6. The third kappa shape index (κ3) is 4.09. The lowest BCUT2D eigenvalue weighted by Gasteiger charge is -2.35. The standard InChI is InChI=1S/C25H32N6O/c1-3-29-14-16-30(17-15-29)20-10-8-19(9-11-20)27-25-26-18(2)22-12-13-23(32)31(24(22)28-25)21-6-4-5-7-21/h8-13,21H,3-7,14-17H2,1-2H3,(H,26,27,28). The Morgan fingerprint density at radius 3 is 2.38 bits per heavy atom. The lowest BCUT2D eigenvalue weighted by Crippen LogP contribution is -2.46. The van der Waals surface area contributed by atoms with E-state index in [1.807, 2.05) is 17.6 Å². The van der Waals surface area contributed by atoms with Crippen molar-refractivity contribution in [1.82, 2.24) is 19.4 Å². The number of anilines is 3. The highest BCUT2D eigenvalue weighted by atomic mass is 16.1. The summed E-state index contributed by atoms with van der Waals surface area (Å²) in [7, 11) is 0. The van der Waals surface area contributed by atoms with E-state index in [9.17, 15) is 4.79 Å². The average Bonchev–Trinajstić information content (AvgIpc) is 3.34. The van der Waals surface area contributed by atoms with Gasteiger partial charge in [-0.05, 0) is 56.6 Å². The van der Waals surface area contributed by atoms with Crippen LogP contribution in [0.5, 0.6) is 0 Å². The summed E-state index contributed by atoms with van der Waals surface area (Å²) in [4.78, 5) is 27.1. The van der Waals surface area contributed by atoms with E-state index < -0.39 is 0 Å². The molecule has 3 aromatic rings. The Hall–Kier alpha value is -2.93. The SMILES string of the molecule is CCN1CCN(c2ccc(Nc3nc(C)c4ccc(=O)n(C5CCCC5)c4n3)cc2)CC1. The maximum absolute atomic E-state index is 12.7. The van der Waals surface area contributed by atoms with Gasteiger partial charge in [0.15, 0.2) is 0 Å². The molecule has 7 heteroatoms. The Morgan fingerprint density at radius 1 is 0.969 bits per heavy atom. The van der Waals surface area contributed by atoms with Gasteiger partial charge in [-0.25, -0.2) is 4.98 Å². The molecule has 0 spiro atoms. The van der Waals surface area contributed by atoms with Gasteiger partial charge in [0, 0.05) is 55.0 Å². The minimum atomic E-state index is 0.0287. The van der Waals surface area contributed by atoms with Crippen molar-refractivity contribution in [3.8, 4) is 0 Å². The van der Waals surface area contributed by atoms with Crippen LogP contribution in [0.25, 0.3) is 11.0 Å². The third-order valence-corrected chi connectivity index (χ3v) is 6.97. The van der Waals surface area contributed by atoms with Crippen molar-refractivity contribution in [2.24, 2.45) is 0 Å². The van der Waals surface area contributed by atoms with E-state index in [0.717, 1.165) is 68.0 Å². The summed E-state index contributed by atoms with van der Waals surface area (Å²) in [6.45, 7) is 9.68. The zero-order valence-corrected chi connectivity index (χ0v) is 19.0. The Bertz CT molecular complexity index is 1140. The van der Waals surface area contributed by atoms with E-state index in [1.165, 1.54) is 18.5 Å². The number of rotatable bonds is 5. The van der Waals surface area contributed by atoms with Crippen LogP contribution in [0.4, 0.5) is 17.3 Å². The van der Waals surface area contributed by atoms with Gasteiger partial charge in [0.25, 0.3) is 5.56 Å². The van der Waals surface area contributed by atoms with Gasteiger partial charge in [-0.3, -0.25) is 9.36 Å². The molecule has 1 saturated heterocycles. The number of hydrogen-bond acceptors (Lipinski definition) is 6. The maximum Gasteiger partial charge on any atom is 0.252 e. The van der Waals surface area contributed by atoms with Gasteiger partial charge >= 0.3 is 0 Å². The number of piperazine rings is 1. The molecule has 2 fully saturated rings. The zero-order chi connectivity index (χ0) is 22.1. The largest absolute Gasteiger partial charge is 0.369 e. The van der Waals surface area contributed by atoms with Crippen molar-refractivity contribution in [3.05, 3.63) is 52.4 Å². The van der Waals surface area contributed by atoms with Crippen molar-refractivity contribution in [2.45, 2.75) is 45.6 Å². The number of nitrogens with zero attached hydrogens (tertiary/aromatic N) is 5. The second-order valence-corrected chi connectivity index (χ2v) is 8.94. The molecule has 0 unspecified atom stereocenters. The van der Waals surface area contributed by atoms with Crippen LogP contribution in [-0.2, 0) is 0 Å². The molecule has 1 saturated carbocycles. The monoisotopic (exact) mass is 432 g/mol. The van der Waals surface area contributed by atoms with Crippen LogP contribution in [-0.4, -0.2) is 52.2 Å². The zero-order valence-electron chi connectivity index (χ0n) is 19.0. The predicted molar refractivity (Wildman–Crippen MR) is 130 cm³/mol. The second-order valence-electron chi connectivity index (χ2n) is 8.94. The van der Waals surface area contributed by atoms with E-state index in [1.54, 1.807) is 6.07 Å². The smallest absolute Gasteiger partial charge is 0.252 e. The molecule has 2 aromatic heterocycles. The minimum Gasteiger partial charge on any atom is -0.369 e. The molecular formula is C25H32N6O. The summed E-state index contributed by atoms with van der Waals surface area (Å²) in [5.74, 6) is 0.539. The fourth-order valence-electron chi connectivity index (χ4n) is 5.06. The molecule has 32 heavy (non-hydrogen) atoms. The molecule has 0 radical (unpaired) electrons. The van der Waals surface area contributed by atoms with E-state index >= 15 is 0 Å². The number of benzene rings is 1. The fourth-order valence-corrected chi connectivity index (χ4v) is 5.06. The van der Waals surface area contributed by atoms with Crippen molar-refractivity contribution in [1.29, 1.82) is 0 Å². The quantitative estimate of drug-likeness (QED) is 0.655. The highest BCUT2D eigenvalue weighted by Gasteiger charge is 2.21. The molecule has 2 aliphatic rings. The van der Waals surface area contributed by atoms with Crippen molar-refractivity contribution >= 4 is 28.4 Å². The van der Waals surface area contributed by atoms with E-state index in [2.05, 4.69) is 51.3 Å². The summed E-state index contributed by atoms with van der Waals surface area (Å²) < 4.78 is 1.89. The maximum atomic E-state index is 12.7. The van der Waals surface area contributed by atoms with Crippen molar-refractivity contribution in [3.63, 3.8) is 0 Å². The predicted octanol–water partition coefficient (Wildman–Crippen LogP) is 4.10. The van der Waals surface area contributed by atoms with Crippen LogP contribution < -0.4 is 15.8 Å². The first kappa shape index (κ1) is 20.9. The van der Waals surface area contributed by atoms with Gasteiger partial charge in [-0.1, -0.05) is 19.8 Å². The number of nitrogens with one attached hydrogen (secondary N) is 1. The Balaban J connectivity index is 1.39. The molecule has 1 aromatic carbocycles. The number of likely N-dealkylation sites (N-methyl/N-ethyl adjacent to an activating group) is 1. The number of fused-ring (bicyclic) bond motifs is 1. The molecule has 1 aliphatic heterocycles. The first-order valence-corrected chi connectivity index (χ1v) is 11.9. The third-order valence-electron chi connectivity index (χ3n) is 6.97. The summed E-state index contributed by atoms with van der Waals surface area (Å²) >= 11 is 0. The molecule has 0 atom stereocenters. The highest BCUT2D eigenvalue weighted by Crippen LogP contribution is 2.31. The Kier molecular flexibility index (Phi) is 5.83. The Labute approximate surface area is 189 Å². The van der Waals surface area contributed by atoms with Crippen LogP contribution in [0.1, 0.15) is 44.3 Å². The molecular weight excluding hydrogens is 400 g/mol. The van der Waals surface area contributed by atoms with Gasteiger partial charge in [-0.15, -0.1) is 0 Å². The van der Waals surface area contributed by atoms with E-state index in [-0.39, 0.29) is 11.6 Å². The van der Waals surface area contributed by atoms with Gasteiger partial charge in [0.2, 0.25) is 5.95 Å². The van der Waals surface area contributed by atoms with Crippen LogP contribution in [0.3, 0.4) is 0 Å². The first-order valence-electron chi connectivity index (χ1n) is 11.9. The summed E-state index contributed by atoms with van der Waals surface area (Å²) in [6, 6.07) is 12.2. The molecule has 0 bridgehead atoms. The topological polar surface area (TPSA) is 66.3 Å². The van der Waals surface area contributed by atoms with Crippen LogP contribution >= 0.6 is 0 Å². The minimum absolute atomic E-state index is 0.0287. The molecule has 1 N–H and O–H groups in total. The van der Waals surface area contributed by atoms with Gasteiger partial charge in [0.05, 0.1) is 5.69 Å². The van der Waals surface area contributed by atoms with E-state index in [4.69, 9.17) is 4.98 Å². The summed E-state index contributed by atoms with van der Waals surface area (Å²) in [5.41, 5.74) is 3.85. The molecule has 7 nitrogen and oxygen atoms in total. The van der Waals surface area contributed by atoms with Crippen LogP contribution in [0, 0.1) is 6.92 Å². The Morgan fingerprint density at radius 2 is 1.69 bits per heavy atom. The average molecular weight is 433 g/mol. The number of pyridine rings is 1. The van der Waals surface area contributed by atoms with Crippen molar-refractivity contribution < 1.29 is 0 Å². The van der Waals surface area contributed by atoms with Gasteiger partial charge in [-0.2, -0.15) is 4.98 Å². The number of aromatic nitrogens is 3. The van der Waals surface area contributed by atoms with E-state index in [0.29, 0.717) is 5.95 Å². The van der Waals surface area contributed by atoms with Gasteiger partial charge < -0.3 is 15.1 Å². The lowest BCUT2D eigenvalue weighted by molar-refractivity contribution is 0.271. The molecule has 1 aliphatic carbocycles. The number of hydrogen-bond donors (Lipinski definition) is 1. The highest BCUT2D eigenvalue weighted by molar-refractivity contribution is 5.79. The number of aryl methyl sites for hydroxylation is 1. The van der Waals surface area contributed by atoms with Gasteiger partial charge in [0.1, 0.15) is 5.65 Å². The molecule has 0 amide bonds. The summed E-state index contributed by atoms with van der Waals surface area (Å²) in [6.07, 6.45) is 4.42. The van der Waals surface area contributed by atoms with Crippen LogP contribution in [0.15, 0.2) is 41.2 Å². The van der Waals surface area contributed by atoms with Crippen LogP contribution in [0.2, 0.25) is 0 Å². The lowest BCUT2D eigenvalue weighted by atomic mass is 10.2. The van der Waals surface area contributed by atoms with Crippen molar-refractivity contribution in [2.75, 3.05) is 42.9 Å². The molecule has 5 rings (SSSR count).